The number of fused-ring (bicyclic) bond motifs is 1. The molecular weight excluding hydrogens is 308 g/mol. The van der Waals surface area contributed by atoms with E-state index in [-0.39, 0.29) is 6.03 Å². The number of aromatic nitrogens is 1. The summed E-state index contributed by atoms with van der Waals surface area (Å²) in [6.45, 7) is 1.97. The number of nitrogens with zero attached hydrogens (tertiary/aromatic N) is 2. The van der Waals surface area contributed by atoms with Gasteiger partial charge >= 0.3 is 6.03 Å². The van der Waals surface area contributed by atoms with Gasteiger partial charge in [0, 0.05) is 25.5 Å². The molecule has 0 fully saturated rings. The number of nitrogens with one attached hydrogen (secondary N) is 2. The number of aryl methyl sites for hydroxylation is 1. The Morgan fingerprint density at radius 3 is 2.61 bits per heavy atom. The van der Waals surface area contributed by atoms with E-state index in [1.165, 1.54) is 11.3 Å². The van der Waals surface area contributed by atoms with Gasteiger partial charge in [-0.05, 0) is 42.8 Å². The standard InChI is InChI=1S/C17H18N4OS/c1-11-10-12(21(2)3)8-9-13(11)18-16(22)20-17-19-14-6-4-5-7-15(14)23-17/h4-10H,1-3H3,(H2,18,19,20,22). The number of rotatable bonds is 3. The summed E-state index contributed by atoms with van der Waals surface area (Å²) in [5.41, 5.74) is 3.78. The average Bonchev–Trinajstić information content (AvgIpc) is 2.91. The normalized spacial score (nSPS) is 10.6. The first kappa shape index (κ1) is 15.3. The minimum atomic E-state index is -0.287. The van der Waals surface area contributed by atoms with E-state index in [4.69, 9.17) is 0 Å². The van der Waals surface area contributed by atoms with Crippen LogP contribution in [0.2, 0.25) is 0 Å². The Labute approximate surface area is 139 Å². The number of hydrogen-bond acceptors (Lipinski definition) is 4. The van der Waals surface area contributed by atoms with E-state index in [0.717, 1.165) is 27.2 Å². The minimum Gasteiger partial charge on any atom is -0.378 e. The second kappa shape index (κ2) is 6.26. The summed E-state index contributed by atoms with van der Waals surface area (Å²) in [5.74, 6) is 0. The molecule has 0 bridgehead atoms. The van der Waals surface area contributed by atoms with E-state index in [1.807, 2.05) is 68.4 Å². The fourth-order valence-electron chi connectivity index (χ4n) is 2.24. The lowest BCUT2D eigenvalue weighted by Crippen LogP contribution is -2.20. The van der Waals surface area contributed by atoms with Crippen molar-refractivity contribution in [1.29, 1.82) is 0 Å². The van der Waals surface area contributed by atoms with Crippen molar-refractivity contribution in [3.8, 4) is 0 Å². The van der Waals surface area contributed by atoms with Gasteiger partial charge < -0.3 is 10.2 Å². The van der Waals surface area contributed by atoms with Gasteiger partial charge in [-0.1, -0.05) is 23.5 Å². The van der Waals surface area contributed by atoms with E-state index >= 15 is 0 Å². The SMILES string of the molecule is Cc1cc(N(C)C)ccc1NC(=O)Nc1nc2ccccc2s1. The first-order valence-corrected chi connectivity index (χ1v) is 8.06. The second-order valence-corrected chi connectivity index (χ2v) is 6.49. The first-order chi connectivity index (χ1) is 11.0. The van der Waals surface area contributed by atoms with E-state index < -0.39 is 0 Å². The van der Waals surface area contributed by atoms with Crippen molar-refractivity contribution < 1.29 is 4.79 Å². The van der Waals surface area contributed by atoms with Crippen LogP contribution >= 0.6 is 11.3 Å². The van der Waals surface area contributed by atoms with Crippen LogP contribution in [0.5, 0.6) is 0 Å². The molecule has 0 aliphatic carbocycles. The van der Waals surface area contributed by atoms with Crippen LogP contribution in [-0.2, 0) is 0 Å². The van der Waals surface area contributed by atoms with Crippen LogP contribution in [0.25, 0.3) is 10.2 Å². The van der Waals surface area contributed by atoms with Gasteiger partial charge in [-0.25, -0.2) is 9.78 Å². The molecule has 0 spiro atoms. The van der Waals surface area contributed by atoms with E-state index in [0.29, 0.717) is 5.13 Å². The summed E-state index contributed by atoms with van der Waals surface area (Å²) in [6, 6.07) is 13.4. The Hall–Kier alpha value is -2.60. The van der Waals surface area contributed by atoms with Gasteiger partial charge in [0.1, 0.15) is 0 Å². The third kappa shape index (κ3) is 3.43. The highest BCUT2D eigenvalue weighted by Gasteiger charge is 2.09. The first-order valence-electron chi connectivity index (χ1n) is 7.24. The Morgan fingerprint density at radius 2 is 1.91 bits per heavy atom. The van der Waals surface area contributed by atoms with Crippen molar-refractivity contribution in [2.45, 2.75) is 6.92 Å². The summed E-state index contributed by atoms with van der Waals surface area (Å²) >= 11 is 1.46. The van der Waals surface area contributed by atoms with E-state index in [1.54, 1.807) is 0 Å². The maximum absolute atomic E-state index is 12.2. The zero-order chi connectivity index (χ0) is 16.4. The van der Waals surface area contributed by atoms with Crippen molar-refractivity contribution in [3.63, 3.8) is 0 Å². The van der Waals surface area contributed by atoms with E-state index in [9.17, 15) is 4.79 Å². The lowest BCUT2D eigenvalue weighted by Gasteiger charge is -2.15. The average molecular weight is 326 g/mol. The third-order valence-corrected chi connectivity index (χ3v) is 4.44. The van der Waals surface area contributed by atoms with Gasteiger partial charge in [0.05, 0.1) is 10.2 Å². The maximum Gasteiger partial charge on any atom is 0.325 e. The summed E-state index contributed by atoms with van der Waals surface area (Å²) in [7, 11) is 3.98. The fourth-order valence-corrected chi connectivity index (χ4v) is 3.10. The van der Waals surface area contributed by atoms with Crippen LogP contribution in [0, 0.1) is 6.92 Å². The van der Waals surface area contributed by atoms with Crippen molar-refractivity contribution in [2.75, 3.05) is 29.6 Å². The molecule has 0 atom stereocenters. The van der Waals surface area contributed by atoms with E-state index in [2.05, 4.69) is 15.6 Å². The van der Waals surface area contributed by atoms with Crippen molar-refractivity contribution in [1.82, 2.24) is 4.98 Å². The Morgan fingerprint density at radius 1 is 1.13 bits per heavy atom. The highest BCUT2D eigenvalue weighted by Crippen LogP contribution is 2.26. The molecule has 3 rings (SSSR count). The molecule has 23 heavy (non-hydrogen) atoms. The number of anilines is 3. The number of thiazole rings is 1. The summed E-state index contributed by atoms with van der Waals surface area (Å²) in [6.07, 6.45) is 0. The monoisotopic (exact) mass is 326 g/mol. The smallest absolute Gasteiger partial charge is 0.325 e. The number of hydrogen-bond donors (Lipinski definition) is 2. The summed E-state index contributed by atoms with van der Waals surface area (Å²) in [4.78, 5) is 18.6. The fraction of sp³-hybridized carbons (Fsp3) is 0.176. The zero-order valence-corrected chi connectivity index (χ0v) is 14.1. The molecule has 1 aromatic heterocycles. The molecule has 3 aromatic rings. The number of amides is 2. The number of para-hydroxylation sites is 1. The van der Waals surface area contributed by atoms with Gasteiger partial charge in [-0.3, -0.25) is 5.32 Å². The quantitative estimate of drug-likeness (QED) is 0.754. The van der Waals surface area contributed by atoms with Crippen LogP contribution in [0.4, 0.5) is 21.3 Å². The zero-order valence-electron chi connectivity index (χ0n) is 13.3. The van der Waals surface area contributed by atoms with Crippen LogP contribution < -0.4 is 15.5 Å². The Balaban J connectivity index is 1.71. The molecule has 2 amide bonds. The van der Waals surface area contributed by atoms with Crippen LogP contribution in [0.15, 0.2) is 42.5 Å². The Bertz CT molecular complexity index is 824. The predicted molar refractivity (Wildman–Crippen MR) is 97.8 cm³/mol. The molecule has 1 heterocycles. The lowest BCUT2D eigenvalue weighted by atomic mass is 10.1. The molecule has 5 nitrogen and oxygen atoms in total. The van der Waals surface area contributed by atoms with Gasteiger partial charge in [0.2, 0.25) is 0 Å². The highest BCUT2D eigenvalue weighted by molar-refractivity contribution is 7.22. The molecule has 6 heteroatoms. The lowest BCUT2D eigenvalue weighted by molar-refractivity contribution is 0.262. The maximum atomic E-state index is 12.2. The molecule has 2 N–H and O–H groups in total. The van der Waals surface area contributed by atoms with Crippen molar-refractivity contribution >= 4 is 44.1 Å². The number of carbonyl (C=O) groups is 1. The van der Waals surface area contributed by atoms with Gasteiger partial charge in [0.15, 0.2) is 5.13 Å². The molecule has 0 aliphatic rings. The Kier molecular flexibility index (Phi) is 4.16. The molecule has 0 radical (unpaired) electrons. The molecular formula is C17H18N4OS. The molecule has 118 valence electrons. The van der Waals surface area contributed by atoms with Crippen LogP contribution in [0.1, 0.15) is 5.56 Å². The summed E-state index contributed by atoms with van der Waals surface area (Å²) in [5, 5.41) is 6.25. The molecule has 2 aromatic carbocycles. The van der Waals surface area contributed by atoms with Gasteiger partial charge in [0.25, 0.3) is 0 Å². The number of urea groups is 1. The molecule has 0 saturated heterocycles. The predicted octanol–water partition coefficient (Wildman–Crippen LogP) is 4.31. The molecule has 0 saturated carbocycles. The third-order valence-electron chi connectivity index (χ3n) is 3.49. The number of benzene rings is 2. The largest absolute Gasteiger partial charge is 0.378 e. The summed E-state index contributed by atoms with van der Waals surface area (Å²) < 4.78 is 1.05. The van der Waals surface area contributed by atoms with Crippen LogP contribution in [0.3, 0.4) is 0 Å². The molecule has 0 aliphatic heterocycles. The van der Waals surface area contributed by atoms with Gasteiger partial charge in [-0.2, -0.15) is 0 Å². The second-order valence-electron chi connectivity index (χ2n) is 5.46. The topological polar surface area (TPSA) is 57.3 Å². The van der Waals surface area contributed by atoms with Gasteiger partial charge in [-0.15, -0.1) is 0 Å². The minimum absolute atomic E-state index is 0.287. The molecule has 0 unspecified atom stereocenters. The number of carbonyl (C=O) groups excluding carboxylic acids is 1. The van der Waals surface area contributed by atoms with Crippen molar-refractivity contribution in [2.24, 2.45) is 0 Å². The van der Waals surface area contributed by atoms with Crippen molar-refractivity contribution in [3.05, 3.63) is 48.0 Å². The highest BCUT2D eigenvalue weighted by atomic mass is 32.1. The van der Waals surface area contributed by atoms with Crippen LogP contribution in [-0.4, -0.2) is 25.1 Å².